The number of rotatable bonds is 5. The topological polar surface area (TPSA) is 16.4 Å². The first-order valence-electron chi connectivity index (χ1n) is 19.9. The lowest BCUT2D eigenvalue weighted by Gasteiger charge is -2.28. The molecule has 0 N–H and O–H groups in total. The highest BCUT2D eigenvalue weighted by molar-refractivity contribution is 6.20. The van der Waals surface area contributed by atoms with Crippen LogP contribution in [0, 0.1) is 0 Å². The molecule has 0 aliphatic rings. The van der Waals surface area contributed by atoms with E-state index in [1.54, 1.807) is 0 Å². The number of hydrogen-bond donors (Lipinski definition) is 0. The van der Waals surface area contributed by atoms with Crippen LogP contribution in [-0.2, 0) is 0 Å². The van der Waals surface area contributed by atoms with Gasteiger partial charge in [0.1, 0.15) is 11.2 Å². The summed E-state index contributed by atoms with van der Waals surface area (Å²) in [6, 6.07) is 77.1. The summed E-state index contributed by atoms with van der Waals surface area (Å²) in [5, 5.41) is 14.5. The van der Waals surface area contributed by atoms with Gasteiger partial charge >= 0.3 is 0 Å². The third-order valence-electron chi connectivity index (χ3n) is 12.0. The van der Waals surface area contributed by atoms with E-state index < -0.39 is 0 Å². The molecule has 270 valence electrons. The molecule has 0 radical (unpaired) electrons. The maximum absolute atomic E-state index is 6.62. The molecule has 12 aromatic rings. The fourth-order valence-electron chi connectivity index (χ4n) is 9.34. The second-order valence-electron chi connectivity index (χ2n) is 15.2. The summed E-state index contributed by atoms with van der Waals surface area (Å²) in [5.74, 6) is 0. The molecule has 0 saturated heterocycles. The van der Waals surface area contributed by atoms with Gasteiger partial charge in [-0.2, -0.15) is 0 Å². The van der Waals surface area contributed by atoms with E-state index in [2.05, 4.69) is 217 Å². The minimum absolute atomic E-state index is 0.892. The Labute approximate surface area is 335 Å². The van der Waals surface area contributed by atoms with E-state index in [0.717, 1.165) is 55.5 Å². The van der Waals surface area contributed by atoms with E-state index in [1.807, 2.05) is 0 Å². The van der Waals surface area contributed by atoms with E-state index in [9.17, 15) is 0 Å². The summed E-state index contributed by atoms with van der Waals surface area (Å²) in [6.07, 6.45) is 0. The van der Waals surface area contributed by atoms with Gasteiger partial charge in [-0.05, 0) is 108 Å². The maximum Gasteiger partial charge on any atom is 0.143 e. The summed E-state index contributed by atoms with van der Waals surface area (Å²) in [4.78, 5) is 2.43. The van der Waals surface area contributed by atoms with Crippen LogP contribution in [0.15, 0.2) is 217 Å². The van der Waals surface area contributed by atoms with Crippen LogP contribution in [0.25, 0.3) is 98.1 Å². The number of hydrogen-bond acceptors (Lipinski definition) is 2. The van der Waals surface area contributed by atoms with Crippen molar-refractivity contribution in [3.05, 3.63) is 212 Å². The van der Waals surface area contributed by atoms with E-state index in [1.165, 1.54) is 59.6 Å². The number of benzene rings is 11. The Morgan fingerprint density at radius 3 is 1.71 bits per heavy atom. The highest BCUT2D eigenvalue weighted by atomic mass is 16.3. The zero-order valence-electron chi connectivity index (χ0n) is 31.6. The molecule has 0 saturated carbocycles. The van der Waals surface area contributed by atoms with Crippen molar-refractivity contribution in [3.63, 3.8) is 0 Å². The van der Waals surface area contributed by atoms with E-state index in [4.69, 9.17) is 4.42 Å². The van der Waals surface area contributed by atoms with Crippen LogP contribution < -0.4 is 4.90 Å². The molecule has 0 fully saturated rings. The zero-order valence-corrected chi connectivity index (χ0v) is 31.6. The monoisotopic (exact) mass is 737 g/mol. The Bertz CT molecular complexity index is 3580. The normalized spacial score (nSPS) is 11.8. The molecular formula is C56H35NO. The van der Waals surface area contributed by atoms with Crippen molar-refractivity contribution >= 4 is 92.9 Å². The van der Waals surface area contributed by atoms with Gasteiger partial charge in [-0.1, -0.05) is 170 Å². The minimum atomic E-state index is 0.892. The molecule has 0 aliphatic carbocycles. The van der Waals surface area contributed by atoms with Crippen LogP contribution in [0.3, 0.4) is 0 Å². The molecular weight excluding hydrogens is 703 g/mol. The molecule has 2 heteroatoms. The predicted molar refractivity (Wildman–Crippen MR) is 247 cm³/mol. The molecule has 1 aromatic heterocycles. The van der Waals surface area contributed by atoms with Gasteiger partial charge in [-0.25, -0.2) is 0 Å². The van der Waals surface area contributed by atoms with Crippen molar-refractivity contribution in [1.82, 2.24) is 0 Å². The quantitative estimate of drug-likeness (QED) is 0.164. The molecule has 0 aliphatic heterocycles. The van der Waals surface area contributed by atoms with Crippen molar-refractivity contribution in [3.8, 4) is 22.3 Å². The van der Waals surface area contributed by atoms with Crippen LogP contribution in [0.2, 0.25) is 0 Å². The number of fused-ring (bicyclic) bond motifs is 11. The fraction of sp³-hybridized carbons (Fsp3) is 0. The largest absolute Gasteiger partial charge is 0.455 e. The third-order valence-corrected chi connectivity index (χ3v) is 12.0. The van der Waals surface area contributed by atoms with E-state index in [0.29, 0.717) is 0 Å². The molecule has 58 heavy (non-hydrogen) atoms. The Hall–Kier alpha value is -7.68. The second-order valence-corrected chi connectivity index (χ2v) is 15.2. The summed E-state index contributed by atoms with van der Waals surface area (Å²) >= 11 is 0. The average molecular weight is 738 g/mol. The highest BCUT2D eigenvalue weighted by Gasteiger charge is 2.20. The highest BCUT2D eigenvalue weighted by Crippen LogP contribution is 2.45. The second kappa shape index (κ2) is 12.9. The predicted octanol–water partition coefficient (Wildman–Crippen LogP) is 16.2. The Kier molecular flexibility index (Phi) is 7.26. The van der Waals surface area contributed by atoms with Crippen LogP contribution in [0.5, 0.6) is 0 Å². The first-order chi connectivity index (χ1) is 28.8. The Balaban J connectivity index is 1.06. The summed E-state index contributed by atoms with van der Waals surface area (Å²) in [5.41, 5.74) is 9.83. The zero-order chi connectivity index (χ0) is 38.2. The summed E-state index contributed by atoms with van der Waals surface area (Å²) in [7, 11) is 0. The maximum atomic E-state index is 6.62. The number of anilines is 3. The lowest BCUT2D eigenvalue weighted by Crippen LogP contribution is -2.11. The average Bonchev–Trinajstić information content (AvgIpc) is 3.69. The molecule has 0 unspecified atom stereocenters. The van der Waals surface area contributed by atoms with Crippen molar-refractivity contribution in [2.24, 2.45) is 0 Å². The molecule has 0 spiro atoms. The van der Waals surface area contributed by atoms with Gasteiger partial charge in [0.05, 0.1) is 5.69 Å². The fourth-order valence-corrected chi connectivity index (χ4v) is 9.34. The van der Waals surface area contributed by atoms with Gasteiger partial charge in [-0.15, -0.1) is 0 Å². The summed E-state index contributed by atoms with van der Waals surface area (Å²) < 4.78 is 6.62. The lowest BCUT2D eigenvalue weighted by molar-refractivity contribution is 0.673. The SMILES string of the molecule is c1cc(-c2cccc3oc4c5ccccc5ccc4c23)cc(N(c2ccc(-c3cccc4c3ccc3ccccc34)cc2)c2cc3ccccc3c3ccccc23)c1. The number of nitrogens with zero attached hydrogens (tertiary/aromatic N) is 1. The molecule has 11 aromatic carbocycles. The molecule has 0 atom stereocenters. The van der Waals surface area contributed by atoms with Crippen LogP contribution in [0.4, 0.5) is 17.1 Å². The van der Waals surface area contributed by atoms with Crippen LogP contribution in [0.1, 0.15) is 0 Å². The van der Waals surface area contributed by atoms with Crippen molar-refractivity contribution in [2.45, 2.75) is 0 Å². The van der Waals surface area contributed by atoms with Gasteiger partial charge in [-0.3, -0.25) is 0 Å². The van der Waals surface area contributed by atoms with Crippen molar-refractivity contribution < 1.29 is 4.42 Å². The molecule has 0 amide bonds. The van der Waals surface area contributed by atoms with Gasteiger partial charge in [0.15, 0.2) is 0 Å². The Morgan fingerprint density at radius 1 is 0.310 bits per heavy atom. The van der Waals surface area contributed by atoms with E-state index >= 15 is 0 Å². The standard InChI is InChI=1S/C56H35NO/c1-4-17-43-36(12-1)28-32-50-44(22-10-24-48(43)50)38-26-30-41(31-27-38)57(53-35-40-14-3-5-18-45(40)49-20-7-8-21-51(49)53)42-16-9-15-39(34-42)46-23-11-25-54-55(46)52-33-29-37-13-2-6-19-47(37)56(52)58-54/h1-35H. The number of furan rings is 1. The lowest BCUT2D eigenvalue weighted by atomic mass is 9.94. The third kappa shape index (κ3) is 5.05. The van der Waals surface area contributed by atoms with Crippen molar-refractivity contribution in [2.75, 3.05) is 4.90 Å². The first kappa shape index (κ1) is 32.6. The molecule has 12 rings (SSSR count). The molecule has 2 nitrogen and oxygen atoms in total. The van der Waals surface area contributed by atoms with E-state index in [-0.39, 0.29) is 0 Å². The smallest absolute Gasteiger partial charge is 0.143 e. The van der Waals surface area contributed by atoms with Crippen LogP contribution in [-0.4, -0.2) is 0 Å². The van der Waals surface area contributed by atoms with Crippen LogP contribution >= 0.6 is 0 Å². The van der Waals surface area contributed by atoms with Gasteiger partial charge < -0.3 is 9.32 Å². The van der Waals surface area contributed by atoms with Gasteiger partial charge in [0.2, 0.25) is 0 Å². The minimum Gasteiger partial charge on any atom is -0.455 e. The summed E-state index contributed by atoms with van der Waals surface area (Å²) in [6.45, 7) is 0. The first-order valence-corrected chi connectivity index (χ1v) is 19.9. The molecule has 1 heterocycles. The Morgan fingerprint density at radius 2 is 0.897 bits per heavy atom. The van der Waals surface area contributed by atoms with Gasteiger partial charge in [0, 0.05) is 32.9 Å². The van der Waals surface area contributed by atoms with Crippen molar-refractivity contribution in [1.29, 1.82) is 0 Å². The molecule has 0 bridgehead atoms. The van der Waals surface area contributed by atoms with Gasteiger partial charge in [0.25, 0.3) is 0 Å².